The Labute approximate surface area is 194 Å². The van der Waals surface area contributed by atoms with E-state index in [2.05, 4.69) is 5.10 Å². The monoisotopic (exact) mass is 462 g/mol. The molecule has 3 aromatic carbocycles. The number of hydrogen-bond donors (Lipinski definition) is 1. The molecule has 0 saturated carbocycles. The van der Waals surface area contributed by atoms with E-state index in [1.54, 1.807) is 38.1 Å². The van der Waals surface area contributed by atoms with Gasteiger partial charge in [0.2, 0.25) is 0 Å². The quantitative estimate of drug-likeness (QED) is 0.308. The Morgan fingerprint density at radius 1 is 0.848 bits per heavy atom. The lowest BCUT2D eigenvalue weighted by molar-refractivity contribution is -0.315. The van der Waals surface area contributed by atoms with Crippen LogP contribution in [0.4, 0.5) is 0 Å². The number of benzene rings is 3. The minimum absolute atomic E-state index is 0.168. The fourth-order valence-corrected chi connectivity index (χ4v) is 5.50. The van der Waals surface area contributed by atoms with E-state index in [-0.39, 0.29) is 11.3 Å². The summed E-state index contributed by atoms with van der Waals surface area (Å²) in [6.45, 7) is 5.39. The zero-order valence-corrected chi connectivity index (χ0v) is 19.6. The third-order valence-corrected chi connectivity index (χ3v) is 7.69. The SMILES string of the molecule is Cc1ccc(S(=O)(=O)n2nc(C)c(CC(OO)(c3ccccc3)c3ccccc3)c2C)cc1. The Hall–Kier alpha value is -3.26. The highest BCUT2D eigenvalue weighted by Crippen LogP contribution is 2.38. The summed E-state index contributed by atoms with van der Waals surface area (Å²) >= 11 is 0. The van der Waals surface area contributed by atoms with E-state index >= 15 is 0 Å². The van der Waals surface area contributed by atoms with Gasteiger partial charge in [0, 0.05) is 12.0 Å². The molecule has 33 heavy (non-hydrogen) atoms. The second-order valence-electron chi connectivity index (χ2n) is 8.14. The summed E-state index contributed by atoms with van der Waals surface area (Å²) in [5.74, 6) is 0. The maximum atomic E-state index is 13.3. The summed E-state index contributed by atoms with van der Waals surface area (Å²) in [4.78, 5) is 5.40. The van der Waals surface area contributed by atoms with Gasteiger partial charge >= 0.3 is 0 Å². The van der Waals surface area contributed by atoms with Crippen LogP contribution in [0.3, 0.4) is 0 Å². The van der Waals surface area contributed by atoms with Crippen molar-refractivity contribution in [2.75, 3.05) is 0 Å². The molecule has 0 fully saturated rings. The number of hydrogen-bond acceptors (Lipinski definition) is 5. The van der Waals surface area contributed by atoms with Crippen molar-refractivity contribution in [1.82, 2.24) is 9.19 Å². The molecule has 0 aliphatic heterocycles. The Kier molecular flexibility index (Phi) is 6.21. The molecule has 0 aliphatic rings. The maximum Gasteiger partial charge on any atom is 0.283 e. The Bertz CT molecular complexity index is 1310. The summed E-state index contributed by atoms with van der Waals surface area (Å²) in [6, 6.07) is 25.4. The molecule has 4 rings (SSSR count). The highest BCUT2D eigenvalue weighted by molar-refractivity contribution is 7.89. The van der Waals surface area contributed by atoms with Gasteiger partial charge in [-0.25, -0.2) is 4.89 Å². The van der Waals surface area contributed by atoms with Crippen LogP contribution < -0.4 is 0 Å². The molecule has 0 unspecified atom stereocenters. The van der Waals surface area contributed by atoms with E-state index in [1.165, 1.54) is 0 Å². The largest absolute Gasteiger partial charge is 0.283 e. The molecule has 0 bridgehead atoms. The Morgan fingerprint density at radius 3 is 1.85 bits per heavy atom. The molecular weight excluding hydrogens is 436 g/mol. The summed E-state index contributed by atoms with van der Waals surface area (Å²) in [5, 5.41) is 14.6. The van der Waals surface area contributed by atoms with Crippen molar-refractivity contribution in [3.05, 3.63) is 119 Å². The van der Waals surface area contributed by atoms with Crippen molar-refractivity contribution in [2.24, 2.45) is 0 Å². The van der Waals surface area contributed by atoms with E-state index in [9.17, 15) is 13.7 Å². The predicted molar refractivity (Wildman–Crippen MR) is 127 cm³/mol. The number of rotatable bonds is 7. The Morgan fingerprint density at radius 2 is 1.36 bits per heavy atom. The van der Waals surface area contributed by atoms with Crippen LogP contribution in [0, 0.1) is 20.8 Å². The van der Waals surface area contributed by atoms with Crippen LogP contribution in [0.15, 0.2) is 89.8 Å². The highest BCUT2D eigenvalue weighted by atomic mass is 32.2. The topological polar surface area (TPSA) is 81.4 Å². The number of aryl methyl sites for hydroxylation is 2. The van der Waals surface area contributed by atoms with Crippen LogP contribution in [-0.4, -0.2) is 22.9 Å². The molecule has 1 heterocycles. The normalized spacial score (nSPS) is 12.1. The summed E-state index contributed by atoms with van der Waals surface area (Å²) < 4.78 is 27.7. The third-order valence-electron chi connectivity index (χ3n) is 6.01. The van der Waals surface area contributed by atoms with Gasteiger partial charge in [-0.2, -0.15) is 17.6 Å². The molecule has 0 aliphatic carbocycles. The lowest BCUT2D eigenvalue weighted by Gasteiger charge is -2.32. The second kappa shape index (κ2) is 8.94. The molecule has 4 aromatic rings. The summed E-state index contributed by atoms with van der Waals surface area (Å²) in [6.07, 6.45) is 0.193. The first kappa shape index (κ1) is 22.9. The van der Waals surface area contributed by atoms with E-state index in [1.807, 2.05) is 67.6 Å². The van der Waals surface area contributed by atoms with Gasteiger partial charge in [0.1, 0.15) is 0 Å². The van der Waals surface area contributed by atoms with Crippen molar-refractivity contribution in [1.29, 1.82) is 0 Å². The predicted octanol–water partition coefficient (Wildman–Crippen LogP) is 5.02. The molecule has 1 N–H and O–H groups in total. The summed E-state index contributed by atoms with van der Waals surface area (Å²) in [5.41, 5.74) is 2.93. The smallest absolute Gasteiger partial charge is 0.251 e. The van der Waals surface area contributed by atoms with Gasteiger partial charge in [-0.1, -0.05) is 78.4 Å². The lowest BCUT2D eigenvalue weighted by atomic mass is 9.81. The number of nitrogens with zero attached hydrogens (tertiary/aromatic N) is 2. The van der Waals surface area contributed by atoms with Crippen LogP contribution in [0.25, 0.3) is 0 Å². The molecule has 1 aromatic heterocycles. The zero-order valence-electron chi connectivity index (χ0n) is 18.8. The number of aromatic nitrogens is 2. The molecule has 0 saturated heterocycles. The van der Waals surface area contributed by atoms with Gasteiger partial charge < -0.3 is 0 Å². The first-order valence-corrected chi connectivity index (χ1v) is 12.0. The Balaban J connectivity index is 1.85. The summed E-state index contributed by atoms with van der Waals surface area (Å²) in [7, 11) is -3.88. The van der Waals surface area contributed by atoms with E-state index in [4.69, 9.17) is 4.89 Å². The van der Waals surface area contributed by atoms with Crippen LogP contribution in [0.5, 0.6) is 0 Å². The van der Waals surface area contributed by atoms with Crippen LogP contribution in [0.2, 0.25) is 0 Å². The molecule has 7 heteroatoms. The van der Waals surface area contributed by atoms with Gasteiger partial charge in [-0.05, 0) is 44.0 Å². The van der Waals surface area contributed by atoms with E-state index in [0.717, 1.165) is 20.8 Å². The van der Waals surface area contributed by atoms with Gasteiger partial charge in [0.05, 0.1) is 16.3 Å². The average molecular weight is 463 g/mol. The maximum absolute atomic E-state index is 13.3. The van der Waals surface area contributed by atoms with Crippen LogP contribution >= 0.6 is 0 Å². The molecule has 170 valence electrons. The zero-order chi connectivity index (χ0) is 23.6. The van der Waals surface area contributed by atoms with Crippen LogP contribution in [0.1, 0.15) is 33.6 Å². The fraction of sp³-hybridized carbons (Fsp3) is 0.192. The standard InChI is InChI=1S/C26H26N2O4S/c1-19-14-16-24(17-15-19)33(30,31)28-21(3)25(20(2)27-28)18-26(32-29,22-10-6-4-7-11-22)23-12-8-5-9-13-23/h4-17,29H,18H2,1-3H3. The van der Waals surface area contributed by atoms with Crippen molar-refractivity contribution in [3.8, 4) is 0 Å². The molecule has 0 spiro atoms. The fourth-order valence-electron chi connectivity index (χ4n) is 4.12. The average Bonchev–Trinajstić information content (AvgIpc) is 3.12. The minimum Gasteiger partial charge on any atom is -0.251 e. The minimum atomic E-state index is -3.88. The van der Waals surface area contributed by atoms with Crippen molar-refractivity contribution in [2.45, 2.75) is 37.7 Å². The molecule has 0 atom stereocenters. The first-order chi connectivity index (χ1) is 15.8. The van der Waals surface area contributed by atoms with Crippen molar-refractivity contribution >= 4 is 10.0 Å². The van der Waals surface area contributed by atoms with Gasteiger partial charge in [-0.3, -0.25) is 5.26 Å². The van der Waals surface area contributed by atoms with Crippen molar-refractivity contribution < 1.29 is 18.6 Å². The molecule has 6 nitrogen and oxygen atoms in total. The van der Waals surface area contributed by atoms with Crippen LogP contribution in [-0.2, 0) is 26.9 Å². The van der Waals surface area contributed by atoms with Gasteiger partial charge in [0.25, 0.3) is 10.0 Å². The van der Waals surface area contributed by atoms with E-state index in [0.29, 0.717) is 17.0 Å². The third kappa shape index (κ3) is 4.11. The van der Waals surface area contributed by atoms with Crippen molar-refractivity contribution in [3.63, 3.8) is 0 Å². The molecule has 0 radical (unpaired) electrons. The van der Waals surface area contributed by atoms with Gasteiger partial charge in [-0.15, -0.1) is 0 Å². The first-order valence-electron chi connectivity index (χ1n) is 10.6. The lowest BCUT2D eigenvalue weighted by Crippen LogP contribution is -2.33. The molecule has 0 amide bonds. The van der Waals surface area contributed by atoms with Gasteiger partial charge in [0.15, 0.2) is 5.60 Å². The molecular formula is C26H26N2O4S. The van der Waals surface area contributed by atoms with E-state index < -0.39 is 15.6 Å². The second-order valence-corrected chi connectivity index (χ2v) is 9.90. The highest BCUT2D eigenvalue weighted by Gasteiger charge is 2.39.